The van der Waals surface area contributed by atoms with Crippen LogP contribution < -0.4 is 11.2 Å². The van der Waals surface area contributed by atoms with Gasteiger partial charge in [0.2, 0.25) is 11.8 Å². The number of piperazine rings is 1. The van der Waals surface area contributed by atoms with E-state index in [4.69, 9.17) is 0 Å². The number of aryl methyl sites for hydroxylation is 3. The lowest BCUT2D eigenvalue weighted by Crippen LogP contribution is -2.51. The van der Waals surface area contributed by atoms with Crippen molar-refractivity contribution in [3.63, 3.8) is 0 Å². The Morgan fingerprint density at radius 1 is 0.848 bits per heavy atom. The quantitative estimate of drug-likeness (QED) is 0.611. The fourth-order valence-corrected chi connectivity index (χ4v) is 4.24. The molecule has 0 spiro atoms. The van der Waals surface area contributed by atoms with Gasteiger partial charge in [0.1, 0.15) is 6.54 Å². The molecule has 0 unspecified atom stereocenters. The molecule has 1 saturated heterocycles. The molecule has 33 heavy (non-hydrogen) atoms. The summed E-state index contributed by atoms with van der Waals surface area (Å²) in [5.41, 5.74) is 2.89. The zero-order chi connectivity index (χ0) is 23.9. The molecule has 0 aliphatic carbocycles. The molecule has 0 saturated carbocycles. The average Bonchev–Trinajstić information content (AvgIpc) is 2.79. The van der Waals surface area contributed by atoms with Gasteiger partial charge in [-0.25, -0.2) is 9.36 Å². The highest BCUT2D eigenvalue weighted by Crippen LogP contribution is 2.15. The molecule has 2 aromatic carbocycles. The van der Waals surface area contributed by atoms with Crippen LogP contribution in [0.1, 0.15) is 23.6 Å². The number of rotatable bonds is 3. The average molecular weight is 449 g/mol. The number of aromatic nitrogens is 2. The number of carbonyl (C=O) groups is 2. The van der Waals surface area contributed by atoms with E-state index in [1.807, 2.05) is 39.0 Å². The number of nitrogens with zero attached hydrogens (tertiary/aromatic N) is 4. The Balaban J connectivity index is 1.80. The summed E-state index contributed by atoms with van der Waals surface area (Å²) < 4.78 is 2.53. The van der Waals surface area contributed by atoms with Gasteiger partial charge in [-0.2, -0.15) is 0 Å². The largest absolute Gasteiger partial charge is 0.339 e. The first-order valence-electron chi connectivity index (χ1n) is 11.0. The van der Waals surface area contributed by atoms with Crippen molar-refractivity contribution >= 4 is 22.7 Å². The Kier molecular flexibility index (Phi) is 5.93. The van der Waals surface area contributed by atoms with Crippen LogP contribution in [0.25, 0.3) is 16.6 Å². The van der Waals surface area contributed by atoms with E-state index < -0.39 is 11.2 Å². The van der Waals surface area contributed by atoms with Crippen molar-refractivity contribution in [2.45, 2.75) is 34.2 Å². The van der Waals surface area contributed by atoms with Gasteiger partial charge in [-0.3, -0.25) is 19.0 Å². The van der Waals surface area contributed by atoms with E-state index in [1.54, 1.807) is 28.0 Å². The second-order valence-electron chi connectivity index (χ2n) is 8.69. The maximum absolute atomic E-state index is 13.5. The third-order valence-electron chi connectivity index (χ3n) is 6.42. The van der Waals surface area contributed by atoms with Crippen molar-refractivity contribution < 1.29 is 9.59 Å². The number of hydrogen-bond donors (Lipinski definition) is 0. The van der Waals surface area contributed by atoms with E-state index in [0.717, 1.165) is 21.3 Å². The zero-order valence-electron chi connectivity index (χ0n) is 19.4. The molecule has 8 nitrogen and oxygen atoms in total. The van der Waals surface area contributed by atoms with Crippen molar-refractivity contribution in [3.8, 4) is 5.69 Å². The van der Waals surface area contributed by atoms with Crippen LogP contribution in [0.3, 0.4) is 0 Å². The van der Waals surface area contributed by atoms with Crippen molar-refractivity contribution in [2.75, 3.05) is 26.2 Å². The Labute approximate surface area is 191 Å². The predicted molar refractivity (Wildman–Crippen MR) is 127 cm³/mol. The summed E-state index contributed by atoms with van der Waals surface area (Å²) in [4.78, 5) is 55.0. The lowest BCUT2D eigenvalue weighted by Gasteiger charge is -2.34. The summed E-state index contributed by atoms with van der Waals surface area (Å²) in [6, 6.07) is 10.7. The van der Waals surface area contributed by atoms with Crippen LogP contribution in [0.15, 0.2) is 46.0 Å². The van der Waals surface area contributed by atoms with Gasteiger partial charge in [0, 0.05) is 33.1 Å². The lowest BCUT2D eigenvalue weighted by molar-refractivity contribution is -0.138. The summed E-state index contributed by atoms with van der Waals surface area (Å²) in [6.45, 7) is 8.89. The summed E-state index contributed by atoms with van der Waals surface area (Å²) in [5.74, 6) is -0.229. The van der Waals surface area contributed by atoms with Gasteiger partial charge in [-0.15, -0.1) is 0 Å². The van der Waals surface area contributed by atoms with E-state index in [9.17, 15) is 19.2 Å². The molecular weight excluding hydrogens is 420 g/mol. The van der Waals surface area contributed by atoms with E-state index in [2.05, 4.69) is 0 Å². The number of hydrogen-bond acceptors (Lipinski definition) is 4. The summed E-state index contributed by atoms with van der Waals surface area (Å²) >= 11 is 0. The predicted octanol–water partition coefficient (Wildman–Crippen LogP) is 1.77. The van der Waals surface area contributed by atoms with Gasteiger partial charge < -0.3 is 9.80 Å². The Morgan fingerprint density at radius 3 is 2.15 bits per heavy atom. The third kappa shape index (κ3) is 4.20. The van der Waals surface area contributed by atoms with Crippen LogP contribution in [0.2, 0.25) is 0 Å². The minimum Gasteiger partial charge on any atom is -0.339 e. The molecule has 1 aromatic heterocycles. The molecule has 3 aromatic rings. The Bertz CT molecular complexity index is 1380. The minimum absolute atomic E-state index is 0.0138. The fourth-order valence-electron chi connectivity index (χ4n) is 4.24. The monoisotopic (exact) mass is 448 g/mol. The molecule has 0 N–H and O–H groups in total. The zero-order valence-corrected chi connectivity index (χ0v) is 19.4. The van der Waals surface area contributed by atoms with Gasteiger partial charge in [-0.05, 0) is 56.2 Å². The summed E-state index contributed by atoms with van der Waals surface area (Å²) in [7, 11) is 0. The molecule has 0 atom stereocenters. The molecule has 1 fully saturated rings. The van der Waals surface area contributed by atoms with Crippen LogP contribution in [-0.4, -0.2) is 56.9 Å². The summed E-state index contributed by atoms with van der Waals surface area (Å²) in [5, 5.41) is 0.391. The van der Waals surface area contributed by atoms with Crippen LogP contribution in [0.5, 0.6) is 0 Å². The second-order valence-corrected chi connectivity index (χ2v) is 8.69. The maximum atomic E-state index is 13.5. The fraction of sp³-hybridized carbons (Fsp3) is 0.360. The molecule has 8 heteroatoms. The molecule has 4 rings (SSSR count). The number of fused-ring (bicyclic) bond motifs is 1. The van der Waals surface area contributed by atoms with Gasteiger partial charge >= 0.3 is 5.69 Å². The maximum Gasteiger partial charge on any atom is 0.336 e. The lowest BCUT2D eigenvalue weighted by atomic mass is 10.1. The number of carbonyl (C=O) groups excluding carboxylic acids is 2. The molecule has 0 bridgehead atoms. The Hall–Kier alpha value is -3.68. The topological polar surface area (TPSA) is 84.6 Å². The molecule has 0 radical (unpaired) electrons. The molecule has 1 aliphatic rings. The molecular formula is C25H28N4O4. The van der Waals surface area contributed by atoms with Gasteiger partial charge in [0.25, 0.3) is 5.56 Å². The summed E-state index contributed by atoms with van der Waals surface area (Å²) in [6.07, 6.45) is 0. The highest BCUT2D eigenvalue weighted by atomic mass is 16.2. The van der Waals surface area contributed by atoms with Gasteiger partial charge in [0.15, 0.2) is 0 Å². The molecule has 172 valence electrons. The highest BCUT2D eigenvalue weighted by Gasteiger charge is 2.24. The van der Waals surface area contributed by atoms with Crippen LogP contribution >= 0.6 is 0 Å². The third-order valence-corrected chi connectivity index (χ3v) is 6.42. The smallest absolute Gasteiger partial charge is 0.336 e. The number of amides is 2. The highest BCUT2D eigenvalue weighted by molar-refractivity contribution is 5.83. The first kappa shape index (κ1) is 22.5. The molecule has 1 aliphatic heterocycles. The SMILES string of the molecule is CC(=O)N1CCN(C(=O)Cn2c(=O)n(-c3ccc(C)c(C)c3)c(=O)c3cc(C)ccc32)CC1. The number of benzene rings is 2. The van der Waals surface area contributed by atoms with E-state index >= 15 is 0 Å². The van der Waals surface area contributed by atoms with E-state index in [0.29, 0.717) is 42.8 Å². The van der Waals surface area contributed by atoms with Crippen molar-refractivity contribution in [1.29, 1.82) is 0 Å². The van der Waals surface area contributed by atoms with Crippen LogP contribution in [-0.2, 0) is 16.1 Å². The molecule has 2 amide bonds. The van der Waals surface area contributed by atoms with Gasteiger partial charge in [-0.1, -0.05) is 17.7 Å². The first-order valence-corrected chi connectivity index (χ1v) is 11.0. The second kappa shape index (κ2) is 8.69. The minimum atomic E-state index is -0.546. The standard InChI is InChI=1S/C25H28N4O4/c1-16-5-8-22-21(13-16)24(32)29(20-7-6-17(2)18(3)14-20)25(33)28(22)15-23(31)27-11-9-26(10-12-27)19(4)30/h5-8,13-14H,9-12,15H2,1-4H3. The van der Waals surface area contributed by atoms with Crippen molar-refractivity contribution in [2.24, 2.45) is 0 Å². The van der Waals surface area contributed by atoms with Crippen molar-refractivity contribution in [1.82, 2.24) is 18.9 Å². The van der Waals surface area contributed by atoms with Crippen LogP contribution in [0.4, 0.5) is 0 Å². The van der Waals surface area contributed by atoms with E-state index in [-0.39, 0.29) is 18.4 Å². The first-order chi connectivity index (χ1) is 15.7. The van der Waals surface area contributed by atoms with Crippen LogP contribution in [0, 0.1) is 20.8 Å². The molecule has 2 heterocycles. The van der Waals surface area contributed by atoms with Crippen molar-refractivity contribution in [3.05, 3.63) is 73.9 Å². The van der Waals surface area contributed by atoms with E-state index in [1.165, 1.54) is 11.5 Å². The Morgan fingerprint density at radius 2 is 1.52 bits per heavy atom. The normalized spacial score (nSPS) is 14.1. The van der Waals surface area contributed by atoms with Gasteiger partial charge in [0.05, 0.1) is 16.6 Å².